The van der Waals surface area contributed by atoms with E-state index in [4.69, 9.17) is 0 Å². The van der Waals surface area contributed by atoms with Crippen LogP contribution in [0, 0.1) is 5.82 Å². The summed E-state index contributed by atoms with van der Waals surface area (Å²) in [7, 11) is 0. The van der Waals surface area contributed by atoms with E-state index in [1.165, 1.54) is 11.8 Å². The molecule has 0 spiro atoms. The highest BCUT2D eigenvalue weighted by atomic mass is 19.1. The quantitative estimate of drug-likeness (QED) is 0.846. The third kappa shape index (κ3) is 3.42. The third-order valence-electron chi connectivity index (χ3n) is 3.45. The average Bonchev–Trinajstić information content (AvgIpc) is 2.49. The van der Waals surface area contributed by atoms with E-state index in [1.54, 1.807) is 12.3 Å². The molecule has 3 heteroatoms. The van der Waals surface area contributed by atoms with Crippen molar-refractivity contribution < 1.29 is 4.39 Å². The monoisotopic (exact) mass is 272 g/mol. The van der Waals surface area contributed by atoms with Gasteiger partial charge in [0.25, 0.3) is 0 Å². The number of aromatic nitrogens is 1. The molecule has 0 aliphatic rings. The van der Waals surface area contributed by atoms with E-state index in [1.807, 2.05) is 12.1 Å². The minimum absolute atomic E-state index is 0.281. The Hall–Kier alpha value is -1.74. The highest BCUT2D eigenvalue weighted by Crippen LogP contribution is 2.24. The fourth-order valence-electron chi connectivity index (χ4n) is 2.32. The zero-order valence-electron chi connectivity index (χ0n) is 12.1. The molecule has 2 aromatic rings. The largest absolute Gasteiger partial charge is 0.310 e. The van der Waals surface area contributed by atoms with Gasteiger partial charge in [-0.2, -0.15) is 0 Å². The fourth-order valence-corrected chi connectivity index (χ4v) is 2.32. The lowest BCUT2D eigenvalue weighted by Gasteiger charge is -2.17. The molecule has 1 aromatic carbocycles. The van der Waals surface area contributed by atoms with Gasteiger partial charge in [0.2, 0.25) is 0 Å². The number of nitrogens with one attached hydrogen (secondary N) is 1. The molecule has 1 heterocycles. The van der Waals surface area contributed by atoms with E-state index in [0.29, 0.717) is 11.6 Å². The van der Waals surface area contributed by atoms with Gasteiger partial charge < -0.3 is 5.32 Å². The Labute approximate surface area is 120 Å². The average molecular weight is 272 g/mol. The van der Waals surface area contributed by atoms with Crippen LogP contribution in [0.4, 0.5) is 4.39 Å². The maximum absolute atomic E-state index is 13.7. The Bertz CT molecular complexity index is 537. The van der Waals surface area contributed by atoms with Crippen LogP contribution in [0.2, 0.25) is 0 Å². The third-order valence-corrected chi connectivity index (χ3v) is 3.45. The van der Waals surface area contributed by atoms with Crippen LogP contribution in [0.1, 0.15) is 38.3 Å². The summed E-state index contributed by atoms with van der Waals surface area (Å²) in [5.74, 6) is -0.281. The number of benzene rings is 1. The smallest absolute Gasteiger partial charge is 0.149 e. The Balaban J connectivity index is 2.19. The van der Waals surface area contributed by atoms with Gasteiger partial charge in [-0.1, -0.05) is 38.1 Å². The van der Waals surface area contributed by atoms with E-state index in [2.05, 4.69) is 36.3 Å². The van der Waals surface area contributed by atoms with Gasteiger partial charge in [0.05, 0.1) is 6.20 Å². The Morgan fingerprint density at radius 3 is 2.50 bits per heavy atom. The second-order valence-electron chi connectivity index (χ2n) is 4.89. The maximum Gasteiger partial charge on any atom is 0.149 e. The van der Waals surface area contributed by atoms with Gasteiger partial charge in [-0.05, 0) is 36.6 Å². The van der Waals surface area contributed by atoms with Crippen molar-refractivity contribution in [3.63, 3.8) is 0 Å². The second kappa shape index (κ2) is 7.15. The lowest BCUT2D eigenvalue weighted by molar-refractivity contribution is 0.518. The summed E-state index contributed by atoms with van der Waals surface area (Å²) in [6, 6.07) is 10.2. The molecule has 0 aliphatic heterocycles. The minimum Gasteiger partial charge on any atom is -0.310 e. The van der Waals surface area contributed by atoms with Gasteiger partial charge in [-0.3, -0.25) is 4.98 Å². The number of halogens is 1. The van der Waals surface area contributed by atoms with Crippen LogP contribution in [0.3, 0.4) is 0 Å². The van der Waals surface area contributed by atoms with Crippen molar-refractivity contribution in [2.75, 3.05) is 6.54 Å². The van der Waals surface area contributed by atoms with E-state index in [0.717, 1.165) is 24.9 Å². The van der Waals surface area contributed by atoms with Gasteiger partial charge in [0.15, 0.2) is 0 Å². The Kier molecular flexibility index (Phi) is 5.24. The standard InChI is InChI=1S/C17H21FN2/c1-3-10-20-17(4-2)14-7-5-13(6-8-14)15-9-11-19-12-16(15)18/h5-9,11-12,17,20H,3-4,10H2,1-2H3. The zero-order valence-corrected chi connectivity index (χ0v) is 12.1. The van der Waals surface area contributed by atoms with Crippen molar-refractivity contribution in [3.05, 3.63) is 54.1 Å². The minimum atomic E-state index is -0.281. The van der Waals surface area contributed by atoms with Crippen molar-refractivity contribution in [2.24, 2.45) is 0 Å². The van der Waals surface area contributed by atoms with Gasteiger partial charge in [0.1, 0.15) is 5.82 Å². The van der Waals surface area contributed by atoms with Crippen molar-refractivity contribution in [2.45, 2.75) is 32.7 Å². The molecule has 0 radical (unpaired) electrons. The molecule has 0 saturated carbocycles. The SMILES string of the molecule is CCCNC(CC)c1ccc(-c2ccncc2F)cc1. The molecule has 106 valence electrons. The molecule has 0 amide bonds. The molecule has 0 aliphatic carbocycles. The molecule has 1 N–H and O–H groups in total. The lowest BCUT2D eigenvalue weighted by Crippen LogP contribution is -2.21. The molecule has 0 saturated heterocycles. The topological polar surface area (TPSA) is 24.9 Å². The second-order valence-corrected chi connectivity index (χ2v) is 4.89. The summed E-state index contributed by atoms with van der Waals surface area (Å²) in [6.45, 7) is 5.35. The molecule has 1 unspecified atom stereocenters. The highest BCUT2D eigenvalue weighted by molar-refractivity contribution is 5.63. The summed E-state index contributed by atoms with van der Waals surface area (Å²) in [6.07, 6.45) is 5.03. The summed E-state index contributed by atoms with van der Waals surface area (Å²) in [5.41, 5.74) is 2.74. The predicted molar refractivity (Wildman–Crippen MR) is 81.0 cm³/mol. The van der Waals surface area contributed by atoms with Crippen LogP contribution in [0.25, 0.3) is 11.1 Å². The van der Waals surface area contributed by atoms with E-state index in [-0.39, 0.29) is 5.82 Å². The van der Waals surface area contributed by atoms with Crippen molar-refractivity contribution >= 4 is 0 Å². The summed E-state index contributed by atoms with van der Waals surface area (Å²) in [4.78, 5) is 3.78. The summed E-state index contributed by atoms with van der Waals surface area (Å²) in [5, 5.41) is 3.52. The molecule has 2 rings (SSSR count). The molecular formula is C17H21FN2. The molecule has 1 aromatic heterocycles. The van der Waals surface area contributed by atoms with Gasteiger partial charge in [0, 0.05) is 17.8 Å². The molecule has 2 nitrogen and oxygen atoms in total. The first-order valence-electron chi connectivity index (χ1n) is 7.19. The highest BCUT2D eigenvalue weighted by Gasteiger charge is 2.09. The van der Waals surface area contributed by atoms with Gasteiger partial charge in [-0.25, -0.2) is 4.39 Å². The number of rotatable bonds is 6. The van der Waals surface area contributed by atoms with Crippen molar-refractivity contribution in [1.82, 2.24) is 10.3 Å². The Morgan fingerprint density at radius 2 is 1.90 bits per heavy atom. The van der Waals surface area contributed by atoms with Crippen LogP contribution >= 0.6 is 0 Å². The fraction of sp³-hybridized carbons (Fsp3) is 0.353. The van der Waals surface area contributed by atoms with Crippen LogP contribution in [0.15, 0.2) is 42.7 Å². The predicted octanol–water partition coefficient (Wildman–Crippen LogP) is 4.34. The molecule has 1 atom stereocenters. The van der Waals surface area contributed by atoms with E-state index >= 15 is 0 Å². The number of hydrogen-bond donors (Lipinski definition) is 1. The first-order chi connectivity index (χ1) is 9.76. The molecule has 0 bridgehead atoms. The number of nitrogens with zero attached hydrogens (tertiary/aromatic N) is 1. The first-order valence-corrected chi connectivity index (χ1v) is 7.19. The van der Waals surface area contributed by atoms with Gasteiger partial charge in [-0.15, -0.1) is 0 Å². The lowest BCUT2D eigenvalue weighted by atomic mass is 10.00. The zero-order chi connectivity index (χ0) is 14.4. The molecule has 0 fully saturated rings. The maximum atomic E-state index is 13.7. The normalized spacial score (nSPS) is 12.3. The van der Waals surface area contributed by atoms with E-state index < -0.39 is 0 Å². The molecular weight excluding hydrogens is 251 g/mol. The number of hydrogen-bond acceptors (Lipinski definition) is 2. The van der Waals surface area contributed by atoms with Crippen LogP contribution < -0.4 is 5.32 Å². The summed E-state index contributed by atoms with van der Waals surface area (Å²) < 4.78 is 13.7. The Morgan fingerprint density at radius 1 is 1.15 bits per heavy atom. The van der Waals surface area contributed by atoms with E-state index in [9.17, 15) is 4.39 Å². The van der Waals surface area contributed by atoms with Crippen LogP contribution in [-0.2, 0) is 0 Å². The number of pyridine rings is 1. The van der Waals surface area contributed by atoms with Crippen LogP contribution in [0.5, 0.6) is 0 Å². The van der Waals surface area contributed by atoms with Crippen molar-refractivity contribution in [1.29, 1.82) is 0 Å². The van der Waals surface area contributed by atoms with Crippen molar-refractivity contribution in [3.8, 4) is 11.1 Å². The van der Waals surface area contributed by atoms with Gasteiger partial charge >= 0.3 is 0 Å². The summed E-state index contributed by atoms with van der Waals surface area (Å²) >= 11 is 0. The first kappa shape index (κ1) is 14.7. The molecule has 20 heavy (non-hydrogen) atoms. The van der Waals surface area contributed by atoms with Crippen LogP contribution in [-0.4, -0.2) is 11.5 Å².